The second kappa shape index (κ2) is 8.51. The van der Waals surface area contributed by atoms with Crippen LogP contribution in [0.3, 0.4) is 0 Å². The second-order valence-electron chi connectivity index (χ2n) is 6.39. The molecule has 6 nitrogen and oxygen atoms in total. The van der Waals surface area contributed by atoms with Crippen molar-refractivity contribution in [2.45, 2.75) is 5.75 Å². The van der Waals surface area contributed by atoms with E-state index in [4.69, 9.17) is 13.9 Å². The van der Waals surface area contributed by atoms with Crippen molar-refractivity contribution in [3.63, 3.8) is 0 Å². The minimum Gasteiger partial charge on any atom is -0.496 e. The van der Waals surface area contributed by atoms with Crippen molar-refractivity contribution in [2.24, 2.45) is 0 Å². The highest BCUT2D eigenvalue weighted by Gasteiger charge is 2.42. The quantitative estimate of drug-likeness (QED) is 0.523. The average molecular weight is 421 g/mol. The summed E-state index contributed by atoms with van der Waals surface area (Å²) in [7, 11) is 3.04. The molecule has 0 radical (unpaired) electrons. The maximum Gasteiger partial charge on any atom is 0.272 e. The Kier molecular flexibility index (Phi) is 5.63. The number of thioether (sulfide) groups is 1. The molecule has 1 aromatic heterocycles. The van der Waals surface area contributed by atoms with Crippen LogP contribution in [-0.4, -0.2) is 26.0 Å². The lowest BCUT2D eigenvalue weighted by Crippen LogP contribution is -2.31. The Labute approximate surface area is 178 Å². The molecule has 0 saturated carbocycles. The summed E-state index contributed by atoms with van der Waals surface area (Å²) in [6.07, 6.45) is 1.58. The molecule has 2 aromatic carbocycles. The third-order valence-corrected chi connectivity index (χ3v) is 5.78. The Balaban J connectivity index is 1.82. The predicted octanol–water partition coefficient (Wildman–Crippen LogP) is 4.51. The van der Waals surface area contributed by atoms with Gasteiger partial charge in [0, 0.05) is 5.56 Å². The first kappa shape index (κ1) is 19.8. The fourth-order valence-electron chi connectivity index (χ4n) is 3.30. The molecule has 0 aliphatic carbocycles. The zero-order valence-corrected chi connectivity index (χ0v) is 17.3. The van der Waals surface area contributed by atoms with Gasteiger partial charge in [0.2, 0.25) is 0 Å². The zero-order chi connectivity index (χ0) is 21.1. The number of furan rings is 1. The lowest BCUT2D eigenvalue weighted by atomic mass is 10.0. The van der Waals surface area contributed by atoms with Crippen LogP contribution in [-0.2, 0) is 15.3 Å². The molecule has 0 spiro atoms. The molecule has 4 rings (SSSR count). The first-order valence-corrected chi connectivity index (χ1v) is 10.2. The smallest absolute Gasteiger partial charge is 0.272 e. The van der Waals surface area contributed by atoms with Crippen LogP contribution in [0.2, 0.25) is 0 Å². The van der Waals surface area contributed by atoms with Crippen LogP contribution in [0.15, 0.2) is 76.2 Å². The number of carbonyl (C=O) groups is 2. The van der Waals surface area contributed by atoms with E-state index in [1.165, 1.54) is 26.0 Å². The van der Waals surface area contributed by atoms with Crippen molar-refractivity contribution < 1.29 is 23.5 Å². The van der Waals surface area contributed by atoms with Crippen molar-refractivity contribution >= 4 is 34.8 Å². The number of para-hydroxylation sites is 3. The van der Waals surface area contributed by atoms with E-state index in [1.54, 1.807) is 48.7 Å². The van der Waals surface area contributed by atoms with E-state index >= 15 is 0 Å². The standard InChI is InChI=1S/C23H19NO5S/c1-27-18-11-5-3-9-16(18)20-21(30-14-15-8-7-13-29-15)23(26)24(22(20)25)17-10-4-6-12-19(17)28-2/h3-13H,14H2,1-2H3. The number of ether oxygens (including phenoxy) is 2. The normalized spacial score (nSPS) is 13.9. The number of nitrogens with zero attached hydrogens (tertiary/aromatic N) is 1. The van der Waals surface area contributed by atoms with Crippen LogP contribution < -0.4 is 14.4 Å². The Morgan fingerprint density at radius 3 is 2.27 bits per heavy atom. The van der Waals surface area contributed by atoms with E-state index in [0.29, 0.717) is 44.7 Å². The first-order valence-electron chi connectivity index (χ1n) is 9.20. The fourth-order valence-corrected chi connectivity index (χ4v) is 4.31. The number of amides is 2. The molecular weight excluding hydrogens is 402 g/mol. The number of benzene rings is 2. The van der Waals surface area contributed by atoms with Crippen LogP contribution in [0.4, 0.5) is 5.69 Å². The number of carbonyl (C=O) groups excluding carboxylic acids is 2. The van der Waals surface area contributed by atoms with Crippen LogP contribution in [0, 0.1) is 0 Å². The van der Waals surface area contributed by atoms with Gasteiger partial charge in [0.1, 0.15) is 17.3 Å². The Morgan fingerprint density at radius 1 is 0.867 bits per heavy atom. The molecule has 0 N–H and O–H groups in total. The topological polar surface area (TPSA) is 69.0 Å². The molecule has 3 aromatic rings. The number of hydrogen-bond donors (Lipinski definition) is 0. The number of rotatable bonds is 7. The molecule has 0 bridgehead atoms. The zero-order valence-electron chi connectivity index (χ0n) is 16.5. The van der Waals surface area contributed by atoms with E-state index in [1.807, 2.05) is 18.2 Å². The summed E-state index contributed by atoms with van der Waals surface area (Å²) < 4.78 is 16.2. The summed E-state index contributed by atoms with van der Waals surface area (Å²) in [5, 5.41) is 0. The maximum absolute atomic E-state index is 13.5. The Bertz CT molecular complexity index is 1120. The SMILES string of the molecule is COc1ccccc1C1=C(SCc2ccco2)C(=O)N(c2ccccc2OC)C1=O. The van der Waals surface area contributed by atoms with Gasteiger partial charge in [-0.15, -0.1) is 11.8 Å². The van der Waals surface area contributed by atoms with Crippen LogP contribution in [0.25, 0.3) is 5.57 Å². The Hall–Kier alpha value is -3.45. The molecule has 2 amide bonds. The molecule has 0 saturated heterocycles. The van der Waals surface area contributed by atoms with E-state index in [2.05, 4.69) is 0 Å². The molecule has 2 heterocycles. The van der Waals surface area contributed by atoms with Gasteiger partial charge >= 0.3 is 0 Å². The van der Waals surface area contributed by atoms with Crippen molar-refractivity contribution in [1.82, 2.24) is 0 Å². The molecule has 30 heavy (non-hydrogen) atoms. The summed E-state index contributed by atoms with van der Waals surface area (Å²) in [5.41, 5.74) is 1.27. The van der Waals surface area contributed by atoms with Gasteiger partial charge in [-0.2, -0.15) is 0 Å². The molecule has 0 fully saturated rings. The molecule has 1 aliphatic rings. The van der Waals surface area contributed by atoms with E-state index in [9.17, 15) is 9.59 Å². The molecule has 0 atom stereocenters. The van der Waals surface area contributed by atoms with E-state index in [0.717, 1.165) is 4.90 Å². The molecular formula is C23H19NO5S. The summed E-state index contributed by atoms with van der Waals surface area (Å²) in [4.78, 5) is 28.4. The summed E-state index contributed by atoms with van der Waals surface area (Å²) >= 11 is 1.27. The largest absolute Gasteiger partial charge is 0.496 e. The van der Waals surface area contributed by atoms with Crippen LogP contribution in [0.1, 0.15) is 11.3 Å². The third-order valence-electron chi connectivity index (χ3n) is 4.68. The average Bonchev–Trinajstić information content (AvgIpc) is 3.38. The molecule has 1 aliphatic heterocycles. The number of anilines is 1. The molecule has 7 heteroatoms. The fraction of sp³-hybridized carbons (Fsp3) is 0.130. The minimum atomic E-state index is -0.420. The van der Waals surface area contributed by atoms with Gasteiger partial charge in [-0.1, -0.05) is 30.3 Å². The van der Waals surface area contributed by atoms with Gasteiger partial charge in [0.25, 0.3) is 11.8 Å². The lowest BCUT2D eigenvalue weighted by molar-refractivity contribution is -0.119. The van der Waals surface area contributed by atoms with Gasteiger partial charge in [0.05, 0.1) is 42.4 Å². The van der Waals surface area contributed by atoms with E-state index in [-0.39, 0.29) is 0 Å². The summed E-state index contributed by atoms with van der Waals surface area (Å²) in [6, 6.07) is 17.7. The van der Waals surface area contributed by atoms with Gasteiger partial charge in [-0.3, -0.25) is 9.59 Å². The number of methoxy groups -OCH3 is 2. The first-order chi connectivity index (χ1) is 14.7. The molecule has 0 unspecified atom stereocenters. The van der Waals surface area contributed by atoms with Gasteiger partial charge in [0.15, 0.2) is 0 Å². The highest BCUT2D eigenvalue weighted by molar-refractivity contribution is 8.03. The predicted molar refractivity (Wildman–Crippen MR) is 115 cm³/mol. The van der Waals surface area contributed by atoms with Gasteiger partial charge in [-0.05, 0) is 30.3 Å². The summed E-state index contributed by atoms with van der Waals surface area (Å²) in [6.45, 7) is 0. The van der Waals surface area contributed by atoms with Crippen molar-refractivity contribution in [3.05, 3.63) is 83.2 Å². The van der Waals surface area contributed by atoms with Crippen molar-refractivity contribution in [2.75, 3.05) is 19.1 Å². The van der Waals surface area contributed by atoms with Crippen molar-refractivity contribution in [3.8, 4) is 11.5 Å². The highest BCUT2D eigenvalue weighted by atomic mass is 32.2. The highest BCUT2D eigenvalue weighted by Crippen LogP contribution is 2.43. The number of imide groups is 1. The summed E-state index contributed by atoms with van der Waals surface area (Å²) in [5.74, 6) is 1.27. The lowest BCUT2D eigenvalue weighted by Gasteiger charge is -2.18. The monoisotopic (exact) mass is 421 g/mol. The van der Waals surface area contributed by atoms with Crippen molar-refractivity contribution in [1.29, 1.82) is 0 Å². The Morgan fingerprint density at radius 2 is 1.57 bits per heavy atom. The number of hydrogen-bond acceptors (Lipinski definition) is 6. The van der Waals surface area contributed by atoms with Gasteiger partial charge in [-0.25, -0.2) is 4.90 Å². The molecule has 152 valence electrons. The van der Waals surface area contributed by atoms with E-state index < -0.39 is 11.8 Å². The third kappa shape index (κ3) is 3.48. The second-order valence-corrected chi connectivity index (χ2v) is 7.38. The maximum atomic E-state index is 13.5. The van der Waals surface area contributed by atoms with Crippen LogP contribution >= 0.6 is 11.8 Å². The van der Waals surface area contributed by atoms with Gasteiger partial charge < -0.3 is 13.9 Å². The van der Waals surface area contributed by atoms with Crippen LogP contribution in [0.5, 0.6) is 11.5 Å². The minimum absolute atomic E-state index is 0.305.